The molecule has 0 heterocycles. The van der Waals surface area contributed by atoms with Crippen molar-refractivity contribution in [3.05, 3.63) is 77.4 Å². The van der Waals surface area contributed by atoms with Gasteiger partial charge in [-0.3, -0.25) is 4.79 Å². The summed E-state index contributed by atoms with van der Waals surface area (Å²) in [5.41, 5.74) is 6.29. The Morgan fingerprint density at radius 1 is 0.826 bits per heavy atom. The number of hydrogen-bond donors (Lipinski definition) is 1. The molecule has 3 aromatic carbocycles. The number of carbonyl (C=O) groups is 1. The number of aryl methyl sites for hydroxylation is 2. The Hall–Kier alpha value is -2.87. The molecule has 1 N–H and O–H groups in total. The monoisotopic (exact) mass is 300 g/mol. The van der Waals surface area contributed by atoms with E-state index in [1.807, 2.05) is 48.5 Å². The summed E-state index contributed by atoms with van der Waals surface area (Å²) in [5, 5.41) is 10.8. The van der Waals surface area contributed by atoms with Gasteiger partial charge in [-0.25, -0.2) is 0 Å². The van der Waals surface area contributed by atoms with Gasteiger partial charge >= 0.3 is 0 Å². The van der Waals surface area contributed by atoms with Crippen LogP contribution < -0.4 is 0 Å². The van der Waals surface area contributed by atoms with Gasteiger partial charge in [-0.1, -0.05) is 54.6 Å². The number of phenols is 1. The number of aldehydes is 1. The van der Waals surface area contributed by atoms with Crippen LogP contribution in [0.15, 0.2) is 60.7 Å². The van der Waals surface area contributed by atoms with Crippen molar-refractivity contribution in [3.63, 3.8) is 0 Å². The average molecular weight is 300 g/mol. The molecule has 0 saturated carbocycles. The molecule has 0 fully saturated rings. The highest BCUT2D eigenvalue weighted by Crippen LogP contribution is 2.44. The molecule has 0 saturated heterocycles. The molecule has 4 rings (SSSR count). The fourth-order valence-corrected chi connectivity index (χ4v) is 3.46. The molecular weight excluding hydrogens is 284 g/mol. The maximum absolute atomic E-state index is 11.7. The minimum atomic E-state index is 0.100. The number of rotatable bonds is 2. The first-order chi connectivity index (χ1) is 11.3. The highest BCUT2D eigenvalue weighted by molar-refractivity contribution is 5.97. The molecule has 0 atom stereocenters. The SMILES string of the molecule is O=Cc1c(-c2ccccc2)cc2c(c1O)-c1ccccc1CC2. The van der Waals surface area contributed by atoms with E-state index in [-0.39, 0.29) is 5.75 Å². The summed E-state index contributed by atoms with van der Waals surface area (Å²) in [5.74, 6) is 0.100. The van der Waals surface area contributed by atoms with Crippen LogP contribution in [-0.2, 0) is 12.8 Å². The zero-order valence-electron chi connectivity index (χ0n) is 12.6. The standard InChI is InChI=1S/C21H16O2/c22-13-19-18(14-6-2-1-3-7-14)12-16-11-10-15-8-4-5-9-17(15)20(16)21(19)23/h1-9,12-13,23H,10-11H2. The second kappa shape index (κ2) is 5.40. The van der Waals surface area contributed by atoms with Gasteiger partial charge in [0.2, 0.25) is 0 Å². The molecule has 23 heavy (non-hydrogen) atoms. The van der Waals surface area contributed by atoms with E-state index in [1.54, 1.807) is 0 Å². The summed E-state index contributed by atoms with van der Waals surface area (Å²) in [6.07, 6.45) is 2.59. The first-order valence-corrected chi connectivity index (χ1v) is 7.77. The van der Waals surface area contributed by atoms with Gasteiger partial charge in [-0.15, -0.1) is 0 Å². The third-order valence-corrected chi connectivity index (χ3v) is 4.57. The summed E-state index contributed by atoms with van der Waals surface area (Å²) in [6, 6.07) is 19.9. The van der Waals surface area contributed by atoms with Crippen molar-refractivity contribution in [2.45, 2.75) is 12.8 Å². The van der Waals surface area contributed by atoms with E-state index in [0.717, 1.165) is 46.9 Å². The van der Waals surface area contributed by atoms with Crippen LogP contribution in [0.1, 0.15) is 21.5 Å². The second-order valence-electron chi connectivity index (χ2n) is 5.86. The lowest BCUT2D eigenvalue weighted by Crippen LogP contribution is -2.06. The molecule has 0 spiro atoms. The topological polar surface area (TPSA) is 37.3 Å². The van der Waals surface area contributed by atoms with Crippen molar-refractivity contribution >= 4 is 6.29 Å². The van der Waals surface area contributed by atoms with Crippen LogP contribution in [0.4, 0.5) is 0 Å². The summed E-state index contributed by atoms with van der Waals surface area (Å²) in [6.45, 7) is 0. The highest BCUT2D eigenvalue weighted by atomic mass is 16.3. The Balaban J connectivity index is 2.02. The number of benzene rings is 3. The summed E-state index contributed by atoms with van der Waals surface area (Å²) in [7, 11) is 0. The molecule has 2 heteroatoms. The van der Waals surface area contributed by atoms with Crippen molar-refractivity contribution < 1.29 is 9.90 Å². The van der Waals surface area contributed by atoms with Gasteiger partial charge in [0.25, 0.3) is 0 Å². The summed E-state index contributed by atoms with van der Waals surface area (Å²) < 4.78 is 0. The first kappa shape index (κ1) is 13.8. The summed E-state index contributed by atoms with van der Waals surface area (Å²) in [4.78, 5) is 11.7. The van der Waals surface area contributed by atoms with Gasteiger partial charge in [0.05, 0.1) is 5.56 Å². The predicted octanol–water partition coefficient (Wildman–Crippen LogP) is 4.64. The van der Waals surface area contributed by atoms with Crippen molar-refractivity contribution in [1.82, 2.24) is 0 Å². The number of carbonyl (C=O) groups excluding carboxylic acids is 1. The van der Waals surface area contributed by atoms with Crippen molar-refractivity contribution in [2.24, 2.45) is 0 Å². The smallest absolute Gasteiger partial charge is 0.154 e. The van der Waals surface area contributed by atoms with Crippen LogP contribution >= 0.6 is 0 Å². The van der Waals surface area contributed by atoms with Crippen LogP contribution in [0.3, 0.4) is 0 Å². The quantitative estimate of drug-likeness (QED) is 0.700. The fraction of sp³-hybridized carbons (Fsp3) is 0.0952. The molecule has 2 nitrogen and oxygen atoms in total. The Kier molecular flexibility index (Phi) is 3.23. The van der Waals surface area contributed by atoms with E-state index in [9.17, 15) is 9.90 Å². The average Bonchev–Trinajstić information content (AvgIpc) is 2.62. The lowest BCUT2D eigenvalue weighted by atomic mass is 9.81. The van der Waals surface area contributed by atoms with Crippen molar-refractivity contribution in [2.75, 3.05) is 0 Å². The van der Waals surface area contributed by atoms with Gasteiger partial charge in [0.15, 0.2) is 6.29 Å². The number of phenolic OH excluding ortho intramolecular Hbond substituents is 1. The third kappa shape index (κ3) is 2.15. The van der Waals surface area contributed by atoms with E-state index in [0.29, 0.717) is 5.56 Å². The van der Waals surface area contributed by atoms with Crippen LogP contribution in [0.25, 0.3) is 22.3 Å². The molecular formula is C21H16O2. The van der Waals surface area contributed by atoms with Gasteiger partial charge in [-0.2, -0.15) is 0 Å². The molecule has 0 aliphatic heterocycles. The maximum atomic E-state index is 11.7. The Bertz CT molecular complexity index is 895. The molecule has 0 bridgehead atoms. The van der Waals surface area contributed by atoms with Gasteiger partial charge in [0.1, 0.15) is 5.75 Å². The Morgan fingerprint density at radius 2 is 1.52 bits per heavy atom. The maximum Gasteiger partial charge on any atom is 0.154 e. The molecule has 0 radical (unpaired) electrons. The molecule has 0 amide bonds. The van der Waals surface area contributed by atoms with E-state index in [2.05, 4.69) is 12.1 Å². The highest BCUT2D eigenvalue weighted by Gasteiger charge is 2.23. The van der Waals surface area contributed by atoms with Gasteiger partial charge in [0, 0.05) is 5.56 Å². The van der Waals surface area contributed by atoms with Crippen LogP contribution in [0, 0.1) is 0 Å². The van der Waals surface area contributed by atoms with Crippen LogP contribution in [0.5, 0.6) is 5.75 Å². The number of fused-ring (bicyclic) bond motifs is 3. The van der Waals surface area contributed by atoms with Crippen molar-refractivity contribution in [1.29, 1.82) is 0 Å². The van der Waals surface area contributed by atoms with Crippen LogP contribution in [0.2, 0.25) is 0 Å². The molecule has 112 valence electrons. The van der Waals surface area contributed by atoms with Gasteiger partial charge < -0.3 is 5.11 Å². The minimum Gasteiger partial charge on any atom is -0.507 e. The first-order valence-electron chi connectivity index (χ1n) is 7.77. The zero-order chi connectivity index (χ0) is 15.8. The minimum absolute atomic E-state index is 0.100. The Morgan fingerprint density at radius 3 is 2.30 bits per heavy atom. The van der Waals surface area contributed by atoms with Crippen LogP contribution in [-0.4, -0.2) is 11.4 Å². The lowest BCUT2D eigenvalue weighted by molar-refractivity contribution is 0.112. The molecule has 1 aliphatic rings. The van der Waals surface area contributed by atoms with E-state index in [4.69, 9.17) is 0 Å². The largest absolute Gasteiger partial charge is 0.507 e. The third-order valence-electron chi connectivity index (χ3n) is 4.57. The molecule has 0 aromatic heterocycles. The van der Waals surface area contributed by atoms with E-state index in [1.165, 1.54) is 5.56 Å². The van der Waals surface area contributed by atoms with E-state index < -0.39 is 0 Å². The predicted molar refractivity (Wildman–Crippen MR) is 91.8 cm³/mol. The van der Waals surface area contributed by atoms with E-state index >= 15 is 0 Å². The zero-order valence-corrected chi connectivity index (χ0v) is 12.6. The van der Waals surface area contributed by atoms with Gasteiger partial charge in [-0.05, 0) is 46.7 Å². The number of hydrogen-bond acceptors (Lipinski definition) is 2. The molecule has 1 aliphatic carbocycles. The number of aromatic hydroxyl groups is 1. The lowest BCUT2D eigenvalue weighted by Gasteiger charge is -2.23. The normalized spacial score (nSPS) is 12.3. The Labute approximate surface area is 135 Å². The fourth-order valence-electron chi connectivity index (χ4n) is 3.46. The molecule has 3 aromatic rings. The van der Waals surface area contributed by atoms with Crippen molar-refractivity contribution in [3.8, 4) is 28.0 Å². The molecule has 0 unspecified atom stereocenters. The second-order valence-corrected chi connectivity index (χ2v) is 5.86. The summed E-state index contributed by atoms with van der Waals surface area (Å²) >= 11 is 0.